The molecular weight excluding hydrogens is 288 g/mol. The van der Waals surface area contributed by atoms with Gasteiger partial charge in [-0.15, -0.1) is 0 Å². The van der Waals surface area contributed by atoms with Crippen LogP contribution in [0.15, 0.2) is 28.8 Å². The Kier molecular flexibility index (Phi) is 3.91. The third-order valence-electron chi connectivity index (χ3n) is 5.26. The van der Waals surface area contributed by atoms with Crippen molar-refractivity contribution >= 4 is 0 Å². The topological polar surface area (TPSA) is 45.4 Å². The van der Waals surface area contributed by atoms with Gasteiger partial charge in [-0.2, -0.15) is 4.98 Å². The summed E-state index contributed by atoms with van der Waals surface area (Å²) in [6.07, 6.45) is 2.62. The average Bonchev–Trinajstić information content (AvgIpc) is 3.15. The van der Waals surface area contributed by atoms with Crippen LogP contribution in [0.2, 0.25) is 0 Å². The van der Waals surface area contributed by atoms with Crippen molar-refractivity contribution in [2.24, 2.45) is 5.92 Å². The normalized spacial score (nSPS) is 25.7. The summed E-state index contributed by atoms with van der Waals surface area (Å²) < 4.78 is 5.51. The number of hydrogen-bond donors (Lipinski definition) is 0. The molecule has 2 unspecified atom stereocenters. The highest BCUT2D eigenvalue weighted by atomic mass is 16.5. The van der Waals surface area contributed by atoms with Crippen LogP contribution in [0.25, 0.3) is 11.4 Å². The molecule has 0 aliphatic carbocycles. The molecule has 5 nitrogen and oxygen atoms in total. The fourth-order valence-electron chi connectivity index (χ4n) is 3.98. The van der Waals surface area contributed by atoms with Crippen LogP contribution in [0.1, 0.15) is 24.3 Å². The maximum atomic E-state index is 5.51. The number of piperidine rings is 1. The Morgan fingerprint density at radius 3 is 3.00 bits per heavy atom. The predicted octanol–water partition coefficient (Wildman–Crippen LogP) is 2.57. The summed E-state index contributed by atoms with van der Waals surface area (Å²) in [6.45, 7) is 6.38. The number of benzene rings is 1. The Morgan fingerprint density at radius 2 is 2.13 bits per heavy atom. The smallest absolute Gasteiger partial charge is 0.241 e. The van der Waals surface area contributed by atoms with Gasteiger partial charge in [0.1, 0.15) is 0 Å². The lowest BCUT2D eigenvalue weighted by atomic mass is 9.92. The van der Waals surface area contributed by atoms with Crippen molar-refractivity contribution in [3.63, 3.8) is 0 Å². The minimum absolute atomic E-state index is 0.642. The third kappa shape index (κ3) is 3.03. The molecule has 1 aromatic heterocycles. The van der Waals surface area contributed by atoms with Crippen molar-refractivity contribution < 1.29 is 4.52 Å². The molecule has 2 atom stereocenters. The Hall–Kier alpha value is -1.72. The van der Waals surface area contributed by atoms with Gasteiger partial charge in [0, 0.05) is 18.2 Å². The first-order valence-electron chi connectivity index (χ1n) is 8.51. The molecule has 0 spiro atoms. The Bertz CT molecular complexity index is 683. The zero-order valence-corrected chi connectivity index (χ0v) is 13.9. The van der Waals surface area contributed by atoms with Gasteiger partial charge < -0.3 is 9.42 Å². The second kappa shape index (κ2) is 6.06. The maximum Gasteiger partial charge on any atom is 0.241 e. The van der Waals surface area contributed by atoms with Gasteiger partial charge in [-0.3, -0.25) is 4.90 Å². The molecule has 2 fully saturated rings. The van der Waals surface area contributed by atoms with Gasteiger partial charge in [0.05, 0.1) is 6.54 Å². The highest BCUT2D eigenvalue weighted by molar-refractivity contribution is 5.55. The SMILES string of the molecule is Cc1cccc(-c2noc(CN3CCC4CCN(C)CC43)n2)c1. The van der Waals surface area contributed by atoms with E-state index in [1.54, 1.807) is 0 Å². The number of likely N-dealkylation sites (N-methyl/N-ethyl adjacent to an activating group) is 1. The number of rotatable bonds is 3. The molecule has 2 aliphatic rings. The van der Waals surface area contributed by atoms with Crippen molar-refractivity contribution in [1.82, 2.24) is 19.9 Å². The molecule has 4 rings (SSSR count). The van der Waals surface area contributed by atoms with Crippen LogP contribution >= 0.6 is 0 Å². The van der Waals surface area contributed by atoms with E-state index >= 15 is 0 Å². The number of hydrogen-bond acceptors (Lipinski definition) is 5. The number of aryl methyl sites for hydroxylation is 1. The molecule has 0 amide bonds. The molecule has 5 heteroatoms. The van der Waals surface area contributed by atoms with Crippen molar-refractivity contribution in [2.45, 2.75) is 32.4 Å². The molecule has 122 valence electrons. The van der Waals surface area contributed by atoms with Gasteiger partial charge in [-0.1, -0.05) is 28.9 Å². The number of likely N-dealkylation sites (tertiary alicyclic amines) is 2. The second-order valence-corrected chi connectivity index (χ2v) is 7.02. The van der Waals surface area contributed by atoms with Crippen molar-refractivity contribution in [2.75, 3.05) is 26.7 Å². The van der Waals surface area contributed by atoms with Crippen LogP contribution in [0.5, 0.6) is 0 Å². The molecule has 1 aromatic carbocycles. The molecule has 3 heterocycles. The van der Waals surface area contributed by atoms with Gasteiger partial charge in [0.25, 0.3) is 0 Å². The molecule has 2 saturated heterocycles. The molecule has 0 N–H and O–H groups in total. The first-order chi connectivity index (χ1) is 11.2. The largest absolute Gasteiger partial charge is 0.338 e. The summed E-state index contributed by atoms with van der Waals surface area (Å²) in [5.74, 6) is 2.26. The summed E-state index contributed by atoms with van der Waals surface area (Å²) in [5, 5.41) is 4.17. The maximum absolute atomic E-state index is 5.51. The summed E-state index contributed by atoms with van der Waals surface area (Å²) in [4.78, 5) is 9.57. The van der Waals surface area contributed by atoms with Crippen LogP contribution in [0, 0.1) is 12.8 Å². The number of aromatic nitrogens is 2. The van der Waals surface area contributed by atoms with Crippen molar-refractivity contribution in [3.8, 4) is 11.4 Å². The molecule has 0 saturated carbocycles. The number of fused-ring (bicyclic) bond motifs is 1. The van der Waals surface area contributed by atoms with E-state index in [0.717, 1.165) is 37.0 Å². The molecule has 2 aliphatic heterocycles. The third-order valence-corrected chi connectivity index (χ3v) is 5.26. The quantitative estimate of drug-likeness (QED) is 0.871. The van der Waals surface area contributed by atoms with E-state index in [0.29, 0.717) is 11.9 Å². The molecule has 23 heavy (non-hydrogen) atoms. The lowest BCUT2D eigenvalue weighted by Gasteiger charge is -2.36. The summed E-state index contributed by atoms with van der Waals surface area (Å²) in [6, 6.07) is 8.88. The zero-order valence-electron chi connectivity index (χ0n) is 13.9. The van der Waals surface area contributed by atoms with Crippen LogP contribution in [0.4, 0.5) is 0 Å². The fraction of sp³-hybridized carbons (Fsp3) is 0.556. The Labute approximate surface area is 137 Å². The summed E-state index contributed by atoms with van der Waals surface area (Å²) in [7, 11) is 2.22. The van der Waals surface area contributed by atoms with Crippen molar-refractivity contribution in [1.29, 1.82) is 0 Å². The molecule has 0 bridgehead atoms. The zero-order chi connectivity index (χ0) is 15.8. The van der Waals surface area contributed by atoms with Crippen LogP contribution < -0.4 is 0 Å². The first kappa shape index (κ1) is 14.8. The number of nitrogens with zero attached hydrogens (tertiary/aromatic N) is 4. The van der Waals surface area contributed by atoms with E-state index in [4.69, 9.17) is 4.52 Å². The van der Waals surface area contributed by atoms with E-state index in [-0.39, 0.29) is 0 Å². The minimum atomic E-state index is 0.642. The van der Waals surface area contributed by atoms with E-state index in [2.05, 4.69) is 46.0 Å². The van der Waals surface area contributed by atoms with Gasteiger partial charge >= 0.3 is 0 Å². The Balaban J connectivity index is 1.48. The second-order valence-electron chi connectivity index (χ2n) is 7.02. The van der Waals surface area contributed by atoms with E-state index in [1.807, 2.05) is 12.1 Å². The minimum Gasteiger partial charge on any atom is -0.338 e. The predicted molar refractivity (Wildman–Crippen MR) is 88.9 cm³/mol. The summed E-state index contributed by atoms with van der Waals surface area (Å²) >= 11 is 0. The standard InChI is InChI=1S/C18H24N4O/c1-13-4-3-5-15(10-13)18-19-17(23-20-18)12-22-9-7-14-6-8-21(2)11-16(14)22/h3-5,10,14,16H,6-9,11-12H2,1-2H3. The van der Waals surface area contributed by atoms with Crippen molar-refractivity contribution in [3.05, 3.63) is 35.7 Å². The highest BCUT2D eigenvalue weighted by Crippen LogP contribution is 2.32. The van der Waals surface area contributed by atoms with E-state index in [1.165, 1.54) is 24.9 Å². The van der Waals surface area contributed by atoms with Gasteiger partial charge in [-0.25, -0.2) is 0 Å². The fourth-order valence-corrected chi connectivity index (χ4v) is 3.98. The van der Waals surface area contributed by atoms with E-state index in [9.17, 15) is 0 Å². The van der Waals surface area contributed by atoms with Crippen LogP contribution in [-0.2, 0) is 6.54 Å². The van der Waals surface area contributed by atoms with Gasteiger partial charge in [0.15, 0.2) is 0 Å². The first-order valence-corrected chi connectivity index (χ1v) is 8.51. The van der Waals surface area contributed by atoms with Crippen LogP contribution in [-0.4, -0.2) is 52.7 Å². The monoisotopic (exact) mass is 312 g/mol. The molecule has 0 radical (unpaired) electrons. The Morgan fingerprint density at radius 1 is 1.26 bits per heavy atom. The highest BCUT2D eigenvalue weighted by Gasteiger charge is 2.37. The average molecular weight is 312 g/mol. The molecular formula is C18H24N4O. The van der Waals surface area contributed by atoms with E-state index < -0.39 is 0 Å². The van der Waals surface area contributed by atoms with Gasteiger partial charge in [0.2, 0.25) is 11.7 Å². The molecule has 2 aromatic rings. The van der Waals surface area contributed by atoms with Crippen LogP contribution in [0.3, 0.4) is 0 Å². The lowest BCUT2D eigenvalue weighted by Crippen LogP contribution is -2.46. The summed E-state index contributed by atoms with van der Waals surface area (Å²) in [5.41, 5.74) is 2.23. The lowest BCUT2D eigenvalue weighted by molar-refractivity contribution is 0.110. The van der Waals surface area contributed by atoms with Gasteiger partial charge in [-0.05, 0) is 51.9 Å².